The molecule has 1 aliphatic rings. The zero-order chi connectivity index (χ0) is 13.8. The van der Waals surface area contributed by atoms with E-state index in [9.17, 15) is 0 Å². The Hall–Kier alpha value is -1.06. The second-order valence-corrected chi connectivity index (χ2v) is 5.55. The van der Waals surface area contributed by atoms with Gasteiger partial charge in [0.2, 0.25) is 0 Å². The first kappa shape index (κ1) is 14.4. The van der Waals surface area contributed by atoms with Gasteiger partial charge in [-0.15, -0.1) is 0 Å². The molecule has 0 radical (unpaired) electrons. The molecule has 1 N–H and O–H groups in total. The van der Waals surface area contributed by atoms with E-state index < -0.39 is 0 Å². The zero-order valence-electron chi connectivity index (χ0n) is 12.6. The third-order valence-electron chi connectivity index (χ3n) is 3.76. The molecule has 2 unspecified atom stereocenters. The van der Waals surface area contributed by atoms with Crippen LogP contribution in [0.1, 0.15) is 31.9 Å². The van der Waals surface area contributed by atoms with E-state index >= 15 is 0 Å². The lowest BCUT2D eigenvalue weighted by Gasteiger charge is -2.39. The molecule has 19 heavy (non-hydrogen) atoms. The van der Waals surface area contributed by atoms with Gasteiger partial charge in [0, 0.05) is 24.8 Å². The van der Waals surface area contributed by atoms with Crippen LogP contribution < -0.4 is 10.2 Å². The summed E-state index contributed by atoms with van der Waals surface area (Å²) in [5, 5.41) is 3.37. The van der Waals surface area contributed by atoms with Gasteiger partial charge in [0.1, 0.15) is 0 Å². The van der Waals surface area contributed by atoms with Crippen molar-refractivity contribution in [1.82, 2.24) is 5.32 Å². The van der Waals surface area contributed by atoms with Crippen LogP contribution in [0.5, 0.6) is 0 Å². The van der Waals surface area contributed by atoms with E-state index in [2.05, 4.69) is 56.1 Å². The highest BCUT2D eigenvalue weighted by Gasteiger charge is 2.24. The SMILES string of the molecule is CCNCc1ccc(N2CC(C)OCC2C)c(C)c1. The lowest BCUT2D eigenvalue weighted by Crippen LogP contribution is -2.47. The fourth-order valence-corrected chi connectivity index (χ4v) is 2.66. The number of morpholine rings is 1. The molecule has 0 bridgehead atoms. The maximum absolute atomic E-state index is 5.71. The van der Waals surface area contributed by atoms with Crippen molar-refractivity contribution >= 4 is 5.69 Å². The second-order valence-electron chi connectivity index (χ2n) is 5.55. The molecular weight excluding hydrogens is 236 g/mol. The molecule has 1 fully saturated rings. The molecule has 0 amide bonds. The lowest BCUT2D eigenvalue weighted by atomic mass is 10.1. The quantitative estimate of drug-likeness (QED) is 0.903. The lowest BCUT2D eigenvalue weighted by molar-refractivity contribution is 0.0343. The standard InChI is InChI=1S/C16H26N2O/c1-5-17-9-15-6-7-16(12(2)8-15)18-10-14(4)19-11-13(18)3/h6-8,13-14,17H,5,9-11H2,1-4H3. The predicted molar refractivity (Wildman–Crippen MR) is 80.8 cm³/mol. The fourth-order valence-electron chi connectivity index (χ4n) is 2.66. The molecule has 1 saturated heterocycles. The minimum absolute atomic E-state index is 0.317. The second kappa shape index (κ2) is 6.40. The van der Waals surface area contributed by atoms with Crippen LogP contribution in [0.2, 0.25) is 0 Å². The number of nitrogens with one attached hydrogen (secondary N) is 1. The Morgan fingerprint density at radius 2 is 2.16 bits per heavy atom. The van der Waals surface area contributed by atoms with E-state index in [1.807, 2.05) is 0 Å². The van der Waals surface area contributed by atoms with Crippen molar-refractivity contribution in [1.29, 1.82) is 0 Å². The Morgan fingerprint density at radius 3 is 2.84 bits per heavy atom. The molecule has 2 atom stereocenters. The van der Waals surface area contributed by atoms with Crippen molar-refractivity contribution in [3.05, 3.63) is 29.3 Å². The van der Waals surface area contributed by atoms with Crippen LogP contribution in [0.4, 0.5) is 5.69 Å². The minimum Gasteiger partial charge on any atom is -0.375 e. The van der Waals surface area contributed by atoms with Crippen LogP contribution in [0.3, 0.4) is 0 Å². The summed E-state index contributed by atoms with van der Waals surface area (Å²) < 4.78 is 5.71. The molecular formula is C16H26N2O. The predicted octanol–water partition coefficient (Wildman–Crippen LogP) is 2.72. The van der Waals surface area contributed by atoms with E-state index in [1.165, 1.54) is 16.8 Å². The third-order valence-corrected chi connectivity index (χ3v) is 3.76. The van der Waals surface area contributed by atoms with Gasteiger partial charge >= 0.3 is 0 Å². The molecule has 3 heteroatoms. The van der Waals surface area contributed by atoms with Crippen LogP contribution in [0.15, 0.2) is 18.2 Å². The number of rotatable bonds is 4. The van der Waals surface area contributed by atoms with Gasteiger partial charge in [0.25, 0.3) is 0 Å². The topological polar surface area (TPSA) is 24.5 Å². The highest BCUT2D eigenvalue weighted by Crippen LogP contribution is 2.26. The summed E-state index contributed by atoms with van der Waals surface area (Å²) in [6.45, 7) is 12.5. The summed E-state index contributed by atoms with van der Waals surface area (Å²) in [5.74, 6) is 0. The van der Waals surface area contributed by atoms with Crippen molar-refractivity contribution < 1.29 is 4.74 Å². The van der Waals surface area contributed by atoms with Crippen molar-refractivity contribution in [3.63, 3.8) is 0 Å². The van der Waals surface area contributed by atoms with Crippen molar-refractivity contribution in [3.8, 4) is 0 Å². The molecule has 0 spiro atoms. The number of benzene rings is 1. The van der Waals surface area contributed by atoms with Gasteiger partial charge in [-0.1, -0.05) is 19.1 Å². The van der Waals surface area contributed by atoms with Gasteiger partial charge in [0.05, 0.1) is 12.7 Å². The highest BCUT2D eigenvalue weighted by molar-refractivity contribution is 5.55. The van der Waals surface area contributed by atoms with Crippen LogP contribution in [-0.4, -0.2) is 31.8 Å². The normalized spacial score (nSPS) is 23.7. The number of aryl methyl sites for hydroxylation is 1. The summed E-state index contributed by atoms with van der Waals surface area (Å²) in [5.41, 5.74) is 4.07. The molecule has 2 rings (SSSR count). The number of hydrogen-bond donors (Lipinski definition) is 1. The fraction of sp³-hybridized carbons (Fsp3) is 0.625. The molecule has 1 heterocycles. The first-order valence-electron chi connectivity index (χ1n) is 7.30. The number of nitrogens with zero attached hydrogens (tertiary/aromatic N) is 1. The number of ether oxygens (including phenoxy) is 1. The van der Waals surface area contributed by atoms with Gasteiger partial charge in [-0.3, -0.25) is 0 Å². The Labute approximate surface area is 116 Å². The Kier molecular flexibility index (Phi) is 4.83. The summed E-state index contributed by atoms with van der Waals surface area (Å²) >= 11 is 0. The highest BCUT2D eigenvalue weighted by atomic mass is 16.5. The van der Waals surface area contributed by atoms with Crippen molar-refractivity contribution in [2.75, 3.05) is 24.6 Å². The minimum atomic E-state index is 0.317. The summed E-state index contributed by atoms with van der Waals surface area (Å²) in [7, 11) is 0. The molecule has 1 aliphatic heterocycles. The van der Waals surface area contributed by atoms with Gasteiger partial charge in [-0.25, -0.2) is 0 Å². The molecule has 0 aliphatic carbocycles. The Bertz CT molecular complexity index is 419. The van der Waals surface area contributed by atoms with Gasteiger partial charge < -0.3 is 15.0 Å². The van der Waals surface area contributed by atoms with E-state index in [4.69, 9.17) is 4.74 Å². The summed E-state index contributed by atoms with van der Waals surface area (Å²) in [6, 6.07) is 7.24. The monoisotopic (exact) mass is 262 g/mol. The van der Waals surface area contributed by atoms with Crippen LogP contribution in [0, 0.1) is 6.92 Å². The number of hydrogen-bond acceptors (Lipinski definition) is 3. The Balaban J connectivity index is 2.15. The molecule has 3 nitrogen and oxygen atoms in total. The largest absolute Gasteiger partial charge is 0.375 e. The van der Waals surface area contributed by atoms with Crippen molar-refractivity contribution in [2.24, 2.45) is 0 Å². The van der Waals surface area contributed by atoms with Crippen LogP contribution in [-0.2, 0) is 11.3 Å². The third kappa shape index (κ3) is 3.48. The van der Waals surface area contributed by atoms with Gasteiger partial charge in [-0.05, 0) is 44.5 Å². The van der Waals surface area contributed by atoms with E-state index in [0.717, 1.165) is 26.2 Å². The van der Waals surface area contributed by atoms with Gasteiger partial charge in [-0.2, -0.15) is 0 Å². The molecule has 1 aromatic rings. The average Bonchev–Trinajstić information content (AvgIpc) is 2.40. The van der Waals surface area contributed by atoms with Gasteiger partial charge in [0.15, 0.2) is 0 Å². The Morgan fingerprint density at radius 1 is 1.37 bits per heavy atom. The van der Waals surface area contributed by atoms with E-state index in [1.54, 1.807) is 0 Å². The summed E-state index contributed by atoms with van der Waals surface area (Å²) in [4.78, 5) is 2.47. The first-order valence-corrected chi connectivity index (χ1v) is 7.30. The molecule has 0 aromatic heterocycles. The first-order chi connectivity index (χ1) is 9.11. The molecule has 106 valence electrons. The van der Waals surface area contributed by atoms with Crippen LogP contribution in [0.25, 0.3) is 0 Å². The maximum atomic E-state index is 5.71. The smallest absolute Gasteiger partial charge is 0.0723 e. The van der Waals surface area contributed by atoms with Crippen molar-refractivity contribution in [2.45, 2.75) is 46.4 Å². The van der Waals surface area contributed by atoms with E-state index in [0.29, 0.717) is 12.1 Å². The molecule has 0 saturated carbocycles. The zero-order valence-corrected chi connectivity index (χ0v) is 12.6. The maximum Gasteiger partial charge on any atom is 0.0723 e. The number of anilines is 1. The molecule has 1 aromatic carbocycles. The van der Waals surface area contributed by atoms with E-state index in [-0.39, 0.29) is 0 Å². The average molecular weight is 262 g/mol. The van der Waals surface area contributed by atoms with Crippen LogP contribution >= 0.6 is 0 Å². The summed E-state index contributed by atoms with van der Waals surface area (Å²) in [6.07, 6.45) is 0.317.